The van der Waals surface area contributed by atoms with Crippen molar-refractivity contribution < 1.29 is 17.9 Å². The molecule has 32 heavy (non-hydrogen) atoms. The Morgan fingerprint density at radius 1 is 1.09 bits per heavy atom. The fraction of sp³-hybridized carbons (Fsp3) is 0.250. The van der Waals surface area contributed by atoms with E-state index in [1.807, 2.05) is 54.0 Å². The van der Waals surface area contributed by atoms with Crippen molar-refractivity contribution in [2.24, 2.45) is 4.99 Å². The number of thiazole rings is 1. The molecule has 0 fully saturated rings. The highest BCUT2D eigenvalue weighted by atomic mass is 32.2. The Hall–Kier alpha value is -2.81. The molecule has 0 unspecified atom stereocenters. The minimum absolute atomic E-state index is 0.190. The van der Waals surface area contributed by atoms with Crippen LogP contribution in [0.25, 0.3) is 21.0 Å². The summed E-state index contributed by atoms with van der Waals surface area (Å²) in [4.78, 5) is 18.1. The number of hydrogen-bond acceptors (Lipinski definition) is 5. The van der Waals surface area contributed by atoms with Crippen molar-refractivity contribution in [3.63, 3.8) is 0 Å². The zero-order valence-corrected chi connectivity index (χ0v) is 19.6. The van der Waals surface area contributed by atoms with E-state index in [0.717, 1.165) is 26.6 Å². The normalized spacial score (nSPS) is 12.6. The molecule has 0 radical (unpaired) electrons. The summed E-state index contributed by atoms with van der Waals surface area (Å²) in [7, 11) is -3.33. The minimum Gasteiger partial charge on any atom is -0.380 e. The van der Waals surface area contributed by atoms with Gasteiger partial charge in [-0.15, -0.1) is 0 Å². The second kappa shape index (κ2) is 9.36. The van der Waals surface area contributed by atoms with Crippen LogP contribution in [0, 0.1) is 0 Å². The molecule has 0 saturated carbocycles. The summed E-state index contributed by atoms with van der Waals surface area (Å²) >= 11 is 1.31. The number of benzene rings is 3. The van der Waals surface area contributed by atoms with Gasteiger partial charge < -0.3 is 9.30 Å². The van der Waals surface area contributed by atoms with Crippen LogP contribution in [0.4, 0.5) is 0 Å². The SMILES string of the molecule is CCOCCn1c(=NC(=O)Cc2cccc3ccccc23)sc2cc(S(C)(=O)=O)ccc21. The topological polar surface area (TPSA) is 77.7 Å². The Labute approximate surface area is 190 Å². The standard InChI is InChI=1S/C24H24N2O4S2/c1-3-30-14-13-26-21-12-11-19(32(2,28)29)16-22(21)31-24(26)25-23(27)15-18-9-6-8-17-7-4-5-10-20(17)18/h4-12,16H,3,13-15H2,1-2H3. The average molecular weight is 469 g/mol. The predicted octanol–water partition coefficient (Wildman–Crippen LogP) is 3.97. The van der Waals surface area contributed by atoms with E-state index in [-0.39, 0.29) is 17.2 Å². The number of nitrogens with zero attached hydrogens (tertiary/aromatic N) is 2. The first kappa shape index (κ1) is 22.4. The van der Waals surface area contributed by atoms with Gasteiger partial charge in [-0.2, -0.15) is 4.99 Å². The Kier molecular flexibility index (Phi) is 6.55. The maximum absolute atomic E-state index is 12.9. The molecule has 0 aliphatic rings. The first-order chi connectivity index (χ1) is 15.4. The summed E-state index contributed by atoms with van der Waals surface area (Å²) in [5.41, 5.74) is 1.76. The van der Waals surface area contributed by atoms with Crippen molar-refractivity contribution in [2.75, 3.05) is 19.5 Å². The van der Waals surface area contributed by atoms with Crippen molar-refractivity contribution in [1.29, 1.82) is 0 Å². The third-order valence-corrected chi connectivity index (χ3v) is 7.34. The van der Waals surface area contributed by atoms with Crippen LogP contribution in [0.15, 0.2) is 70.6 Å². The van der Waals surface area contributed by atoms with E-state index in [4.69, 9.17) is 4.74 Å². The lowest BCUT2D eigenvalue weighted by atomic mass is 10.0. The molecular formula is C24H24N2O4S2. The molecule has 1 amide bonds. The first-order valence-electron chi connectivity index (χ1n) is 10.3. The van der Waals surface area contributed by atoms with Crippen LogP contribution >= 0.6 is 11.3 Å². The number of aromatic nitrogens is 1. The van der Waals surface area contributed by atoms with E-state index >= 15 is 0 Å². The molecule has 4 rings (SSSR count). The Bertz CT molecular complexity index is 1460. The molecule has 166 valence electrons. The number of hydrogen-bond donors (Lipinski definition) is 0. The quantitative estimate of drug-likeness (QED) is 0.385. The Morgan fingerprint density at radius 3 is 2.66 bits per heavy atom. The second-order valence-corrected chi connectivity index (χ2v) is 10.5. The molecule has 0 aliphatic carbocycles. The largest absolute Gasteiger partial charge is 0.380 e. The van der Waals surface area contributed by atoms with Gasteiger partial charge >= 0.3 is 0 Å². The van der Waals surface area contributed by atoms with E-state index < -0.39 is 9.84 Å². The fourth-order valence-electron chi connectivity index (χ4n) is 3.64. The minimum atomic E-state index is -3.33. The molecular weight excluding hydrogens is 444 g/mol. The van der Waals surface area contributed by atoms with E-state index in [0.29, 0.717) is 24.6 Å². The van der Waals surface area contributed by atoms with Gasteiger partial charge in [0.15, 0.2) is 14.6 Å². The van der Waals surface area contributed by atoms with Gasteiger partial charge in [0, 0.05) is 19.4 Å². The number of carbonyl (C=O) groups excluding carboxylic acids is 1. The number of rotatable bonds is 7. The summed E-state index contributed by atoms with van der Waals surface area (Å²) < 4.78 is 32.1. The van der Waals surface area contributed by atoms with Gasteiger partial charge in [-0.25, -0.2) is 8.42 Å². The Balaban J connectivity index is 1.75. The van der Waals surface area contributed by atoms with Gasteiger partial charge in [-0.05, 0) is 41.5 Å². The molecule has 8 heteroatoms. The van der Waals surface area contributed by atoms with Crippen molar-refractivity contribution in [1.82, 2.24) is 4.57 Å². The van der Waals surface area contributed by atoms with Crippen LogP contribution in [0.3, 0.4) is 0 Å². The molecule has 4 aromatic rings. The summed E-state index contributed by atoms with van der Waals surface area (Å²) in [6.45, 7) is 3.51. The fourth-order valence-corrected chi connectivity index (χ4v) is 5.48. The third-order valence-electron chi connectivity index (χ3n) is 5.19. The molecule has 1 aromatic heterocycles. The van der Waals surface area contributed by atoms with Crippen LogP contribution in [0.2, 0.25) is 0 Å². The molecule has 0 aliphatic heterocycles. The van der Waals surface area contributed by atoms with Gasteiger partial charge in [-0.1, -0.05) is 53.8 Å². The van der Waals surface area contributed by atoms with Gasteiger partial charge in [0.25, 0.3) is 5.91 Å². The molecule has 0 N–H and O–H groups in total. The third kappa shape index (κ3) is 4.82. The van der Waals surface area contributed by atoms with Crippen LogP contribution in [-0.4, -0.2) is 38.4 Å². The predicted molar refractivity (Wildman–Crippen MR) is 128 cm³/mol. The molecule has 0 saturated heterocycles. The number of sulfone groups is 1. The van der Waals surface area contributed by atoms with Crippen molar-refractivity contribution >= 4 is 48.1 Å². The molecule has 6 nitrogen and oxygen atoms in total. The van der Waals surface area contributed by atoms with Gasteiger partial charge in [-0.3, -0.25) is 4.79 Å². The molecule has 0 atom stereocenters. The summed E-state index contributed by atoms with van der Waals surface area (Å²) in [5.74, 6) is -0.249. The van der Waals surface area contributed by atoms with Crippen LogP contribution < -0.4 is 4.80 Å². The van der Waals surface area contributed by atoms with Crippen LogP contribution in [0.5, 0.6) is 0 Å². The summed E-state index contributed by atoms with van der Waals surface area (Å²) in [6, 6.07) is 18.9. The second-order valence-electron chi connectivity index (χ2n) is 7.46. The van der Waals surface area contributed by atoms with Gasteiger partial charge in [0.2, 0.25) is 0 Å². The molecule has 1 heterocycles. The van der Waals surface area contributed by atoms with E-state index in [1.165, 1.54) is 17.6 Å². The lowest BCUT2D eigenvalue weighted by Gasteiger charge is -2.06. The number of carbonyl (C=O) groups is 1. The Morgan fingerprint density at radius 2 is 1.88 bits per heavy atom. The lowest BCUT2D eigenvalue weighted by Crippen LogP contribution is -2.20. The van der Waals surface area contributed by atoms with Crippen molar-refractivity contribution in [3.05, 3.63) is 71.0 Å². The zero-order valence-electron chi connectivity index (χ0n) is 17.9. The maximum Gasteiger partial charge on any atom is 0.252 e. The van der Waals surface area contributed by atoms with Gasteiger partial charge in [0.05, 0.1) is 28.1 Å². The zero-order chi connectivity index (χ0) is 22.7. The molecule has 0 spiro atoms. The number of fused-ring (bicyclic) bond motifs is 2. The lowest BCUT2D eigenvalue weighted by molar-refractivity contribution is -0.117. The van der Waals surface area contributed by atoms with E-state index in [1.54, 1.807) is 18.2 Å². The van der Waals surface area contributed by atoms with Crippen molar-refractivity contribution in [3.8, 4) is 0 Å². The monoisotopic (exact) mass is 468 g/mol. The van der Waals surface area contributed by atoms with Crippen molar-refractivity contribution in [2.45, 2.75) is 24.8 Å². The number of amides is 1. The average Bonchev–Trinajstić information content (AvgIpc) is 3.10. The smallest absolute Gasteiger partial charge is 0.252 e. The summed E-state index contributed by atoms with van der Waals surface area (Å²) in [6.07, 6.45) is 1.37. The summed E-state index contributed by atoms with van der Waals surface area (Å²) in [5, 5.41) is 2.12. The van der Waals surface area contributed by atoms with E-state index in [2.05, 4.69) is 4.99 Å². The highest BCUT2D eigenvalue weighted by molar-refractivity contribution is 7.90. The maximum atomic E-state index is 12.9. The van der Waals surface area contributed by atoms with Gasteiger partial charge in [0.1, 0.15) is 0 Å². The van der Waals surface area contributed by atoms with Crippen LogP contribution in [0.1, 0.15) is 12.5 Å². The van der Waals surface area contributed by atoms with Crippen LogP contribution in [-0.2, 0) is 32.3 Å². The molecule has 3 aromatic carbocycles. The first-order valence-corrected chi connectivity index (χ1v) is 13.0. The highest BCUT2D eigenvalue weighted by Gasteiger charge is 2.13. The highest BCUT2D eigenvalue weighted by Crippen LogP contribution is 2.22. The number of ether oxygens (including phenoxy) is 1. The van der Waals surface area contributed by atoms with E-state index in [9.17, 15) is 13.2 Å². The molecule has 0 bridgehead atoms.